The van der Waals surface area contributed by atoms with Crippen molar-refractivity contribution in [1.29, 1.82) is 0 Å². The van der Waals surface area contributed by atoms with Crippen molar-refractivity contribution < 1.29 is 14.3 Å². The van der Waals surface area contributed by atoms with Gasteiger partial charge >= 0.3 is 5.97 Å². The predicted molar refractivity (Wildman–Crippen MR) is 43.5 cm³/mol. The van der Waals surface area contributed by atoms with Crippen LogP contribution >= 0.6 is 0 Å². The van der Waals surface area contributed by atoms with Crippen molar-refractivity contribution in [2.24, 2.45) is 11.8 Å². The number of Topliss-reactive ketones (excluding diaryl/α,β-unsaturated/α-hetero) is 1. The first kappa shape index (κ1) is 9.23. The first-order valence-electron chi connectivity index (χ1n) is 4.34. The van der Waals surface area contributed by atoms with E-state index < -0.39 is 5.92 Å². The number of hydrogen-bond acceptors (Lipinski definition) is 3. The van der Waals surface area contributed by atoms with Gasteiger partial charge in [-0.3, -0.25) is 9.59 Å². The fourth-order valence-corrected chi connectivity index (χ4v) is 1.57. The van der Waals surface area contributed by atoms with Crippen molar-refractivity contribution in [3.63, 3.8) is 0 Å². The fraction of sp³-hybridized carbons (Fsp3) is 0.778. The lowest BCUT2D eigenvalue weighted by molar-refractivity contribution is -0.150. The lowest BCUT2D eigenvalue weighted by Gasteiger charge is -2.06. The molecule has 1 fully saturated rings. The molecule has 0 aliphatic heterocycles. The van der Waals surface area contributed by atoms with Gasteiger partial charge in [0.2, 0.25) is 0 Å². The molecule has 0 aromatic heterocycles. The molecule has 0 heterocycles. The van der Waals surface area contributed by atoms with Crippen LogP contribution in [0, 0.1) is 11.8 Å². The van der Waals surface area contributed by atoms with Crippen LogP contribution < -0.4 is 0 Å². The van der Waals surface area contributed by atoms with Crippen LogP contribution in [0.2, 0.25) is 0 Å². The lowest BCUT2D eigenvalue weighted by atomic mass is 10.1. The van der Waals surface area contributed by atoms with E-state index in [0.717, 1.165) is 0 Å². The Balaban J connectivity index is 2.52. The van der Waals surface area contributed by atoms with E-state index in [9.17, 15) is 9.59 Å². The molecule has 2 atom stereocenters. The number of hydrogen-bond donors (Lipinski definition) is 0. The maximum Gasteiger partial charge on any atom is 0.316 e. The Kier molecular flexibility index (Phi) is 2.84. The average molecular weight is 170 g/mol. The molecule has 3 heteroatoms. The molecule has 3 nitrogen and oxygen atoms in total. The second-order valence-corrected chi connectivity index (χ2v) is 3.32. The van der Waals surface area contributed by atoms with Crippen molar-refractivity contribution in [3.05, 3.63) is 0 Å². The van der Waals surface area contributed by atoms with E-state index in [0.29, 0.717) is 25.4 Å². The van der Waals surface area contributed by atoms with Crippen LogP contribution in [0.3, 0.4) is 0 Å². The monoisotopic (exact) mass is 170 g/mol. The van der Waals surface area contributed by atoms with Crippen molar-refractivity contribution in [3.8, 4) is 0 Å². The van der Waals surface area contributed by atoms with Gasteiger partial charge in [-0.2, -0.15) is 0 Å². The molecular weight excluding hydrogens is 156 g/mol. The molecule has 0 N–H and O–H groups in total. The van der Waals surface area contributed by atoms with Gasteiger partial charge in [0.05, 0.1) is 6.61 Å². The van der Waals surface area contributed by atoms with Gasteiger partial charge in [0.15, 0.2) is 0 Å². The molecule has 0 radical (unpaired) electrons. The molecular formula is C9H14O3. The van der Waals surface area contributed by atoms with Crippen molar-refractivity contribution >= 4 is 11.8 Å². The Morgan fingerprint density at radius 2 is 2.33 bits per heavy atom. The quantitative estimate of drug-likeness (QED) is 0.461. The highest BCUT2D eigenvalue weighted by atomic mass is 16.5. The van der Waals surface area contributed by atoms with E-state index >= 15 is 0 Å². The van der Waals surface area contributed by atoms with E-state index in [-0.39, 0.29) is 11.8 Å². The third kappa shape index (κ3) is 1.84. The molecule has 68 valence electrons. The van der Waals surface area contributed by atoms with Crippen LogP contribution in [-0.2, 0) is 14.3 Å². The summed E-state index contributed by atoms with van der Waals surface area (Å²) in [6, 6.07) is 0. The third-order valence-corrected chi connectivity index (χ3v) is 2.15. The zero-order chi connectivity index (χ0) is 9.14. The van der Waals surface area contributed by atoms with Gasteiger partial charge in [0.1, 0.15) is 11.7 Å². The maximum absolute atomic E-state index is 11.2. The minimum atomic E-state index is -0.472. The average Bonchev–Trinajstić information content (AvgIpc) is 2.30. The summed E-state index contributed by atoms with van der Waals surface area (Å²) in [5.74, 6) is -0.431. The minimum absolute atomic E-state index is 0.0425. The maximum atomic E-state index is 11.2. The van der Waals surface area contributed by atoms with Gasteiger partial charge in [-0.05, 0) is 19.3 Å². The Hall–Kier alpha value is -0.860. The van der Waals surface area contributed by atoms with E-state index in [1.807, 2.05) is 6.92 Å². The summed E-state index contributed by atoms with van der Waals surface area (Å²) in [4.78, 5) is 22.4. The molecule has 0 saturated heterocycles. The highest BCUT2D eigenvalue weighted by Gasteiger charge is 2.36. The molecule has 1 aliphatic carbocycles. The molecule has 0 aromatic carbocycles. The van der Waals surface area contributed by atoms with E-state index in [1.54, 1.807) is 6.92 Å². The zero-order valence-electron chi connectivity index (χ0n) is 7.50. The number of esters is 1. The lowest BCUT2D eigenvalue weighted by Crippen LogP contribution is -2.21. The standard InChI is InChI=1S/C9H14O3/c1-3-12-9(11)7-4-6(2)5-8(7)10/h6-7H,3-5H2,1-2H3/t6-,7?/m0/s1. The van der Waals surface area contributed by atoms with Gasteiger partial charge in [-0.1, -0.05) is 6.92 Å². The number of ketones is 1. The smallest absolute Gasteiger partial charge is 0.316 e. The molecule has 1 rings (SSSR count). The summed E-state index contributed by atoms with van der Waals surface area (Å²) in [5.41, 5.74) is 0. The Morgan fingerprint density at radius 3 is 2.75 bits per heavy atom. The molecule has 1 saturated carbocycles. The first-order chi connectivity index (χ1) is 5.65. The highest BCUT2D eigenvalue weighted by molar-refractivity contribution is 6.00. The topological polar surface area (TPSA) is 43.4 Å². The number of ether oxygens (including phenoxy) is 1. The van der Waals surface area contributed by atoms with Gasteiger partial charge in [0, 0.05) is 6.42 Å². The minimum Gasteiger partial charge on any atom is -0.465 e. The van der Waals surface area contributed by atoms with Crippen LogP contribution in [0.1, 0.15) is 26.7 Å². The van der Waals surface area contributed by atoms with Gasteiger partial charge in [-0.15, -0.1) is 0 Å². The number of carbonyl (C=O) groups excluding carboxylic acids is 2. The summed E-state index contributed by atoms with van der Waals surface area (Å²) in [5, 5.41) is 0. The van der Waals surface area contributed by atoms with Crippen LogP contribution in [0.4, 0.5) is 0 Å². The van der Waals surface area contributed by atoms with Gasteiger partial charge in [0.25, 0.3) is 0 Å². The summed E-state index contributed by atoms with van der Waals surface area (Å²) in [7, 11) is 0. The molecule has 0 aromatic rings. The molecule has 12 heavy (non-hydrogen) atoms. The first-order valence-corrected chi connectivity index (χ1v) is 4.34. The second kappa shape index (κ2) is 3.70. The highest BCUT2D eigenvalue weighted by Crippen LogP contribution is 2.27. The van der Waals surface area contributed by atoms with Gasteiger partial charge < -0.3 is 4.74 Å². The molecule has 0 amide bonds. The third-order valence-electron chi connectivity index (χ3n) is 2.15. The SMILES string of the molecule is CCOC(=O)C1C[C@H](C)CC1=O. The molecule has 1 unspecified atom stereocenters. The van der Waals surface area contributed by atoms with E-state index in [2.05, 4.69) is 0 Å². The van der Waals surface area contributed by atoms with Crippen molar-refractivity contribution in [2.75, 3.05) is 6.61 Å². The Morgan fingerprint density at radius 1 is 1.67 bits per heavy atom. The van der Waals surface area contributed by atoms with Crippen LogP contribution in [0.5, 0.6) is 0 Å². The molecule has 1 aliphatic rings. The summed E-state index contributed by atoms with van der Waals surface area (Å²) < 4.78 is 4.78. The van der Waals surface area contributed by atoms with Crippen molar-refractivity contribution in [2.45, 2.75) is 26.7 Å². The summed E-state index contributed by atoms with van der Waals surface area (Å²) in [6.45, 7) is 4.09. The van der Waals surface area contributed by atoms with E-state index in [4.69, 9.17) is 4.74 Å². The normalized spacial score (nSPS) is 29.0. The largest absolute Gasteiger partial charge is 0.465 e. The summed E-state index contributed by atoms with van der Waals surface area (Å²) >= 11 is 0. The number of carbonyl (C=O) groups is 2. The zero-order valence-corrected chi connectivity index (χ0v) is 7.50. The summed E-state index contributed by atoms with van der Waals surface area (Å²) in [6.07, 6.45) is 1.20. The Labute approximate surface area is 72.1 Å². The Bertz CT molecular complexity index is 198. The predicted octanol–water partition coefficient (Wildman–Crippen LogP) is 1.16. The van der Waals surface area contributed by atoms with Crippen LogP contribution in [0.15, 0.2) is 0 Å². The second-order valence-electron chi connectivity index (χ2n) is 3.32. The van der Waals surface area contributed by atoms with Crippen LogP contribution in [0.25, 0.3) is 0 Å². The van der Waals surface area contributed by atoms with Crippen molar-refractivity contribution in [1.82, 2.24) is 0 Å². The van der Waals surface area contributed by atoms with Crippen LogP contribution in [-0.4, -0.2) is 18.4 Å². The molecule has 0 bridgehead atoms. The van der Waals surface area contributed by atoms with E-state index in [1.165, 1.54) is 0 Å². The molecule has 0 spiro atoms. The van der Waals surface area contributed by atoms with Gasteiger partial charge in [-0.25, -0.2) is 0 Å². The number of rotatable bonds is 2. The fourth-order valence-electron chi connectivity index (χ4n) is 1.57.